The minimum Gasteiger partial charge on any atom is -0.481 e. The first kappa shape index (κ1) is 32.5. The van der Waals surface area contributed by atoms with Crippen molar-refractivity contribution in [2.75, 3.05) is 26.0 Å². The number of pyridine rings is 1. The van der Waals surface area contributed by atoms with Crippen LogP contribution in [0.5, 0.6) is 5.88 Å². The number of H-pyrrole nitrogens is 1. The SMILES string of the molecule is Cc1nc2c(c(=O)n1CCOc1[nH]c(=O)c(Cl)cc1C1CC(C)NC3C(C(=O)O)CSC13)C[C@@H](N(C)CC1CC(F)(F)C1)CC2. The van der Waals surface area contributed by atoms with Crippen molar-refractivity contribution in [3.05, 3.63) is 54.4 Å². The quantitative estimate of drug-likeness (QED) is 0.368. The molecule has 4 heterocycles. The molecule has 10 nitrogen and oxygen atoms in total. The van der Waals surface area contributed by atoms with Gasteiger partial charge in [0.1, 0.15) is 17.5 Å². The number of hydrogen-bond acceptors (Lipinski definition) is 8. The fourth-order valence-corrected chi connectivity index (χ4v) is 9.63. The maximum absolute atomic E-state index is 13.7. The number of aryl methyl sites for hydroxylation is 2. The van der Waals surface area contributed by atoms with Gasteiger partial charge in [0.05, 0.1) is 18.2 Å². The lowest BCUT2D eigenvalue weighted by atomic mass is 9.79. The molecule has 2 aliphatic carbocycles. The van der Waals surface area contributed by atoms with Crippen molar-refractivity contribution in [3.8, 4) is 5.88 Å². The van der Waals surface area contributed by atoms with E-state index in [-0.39, 0.29) is 77.7 Å². The molecule has 0 amide bonds. The van der Waals surface area contributed by atoms with Gasteiger partial charge >= 0.3 is 5.97 Å². The number of thioether (sulfide) groups is 1. The molecule has 2 aromatic heterocycles. The Morgan fingerprint density at radius 1 is 1.33 bits per heavy atom. The number of piperidine rings is 1. The number of aromatic amines is 1. The maximum Gasteiger partial charge on any atom is 0.308 e. The van der Waals surface area contributed by atoms with Crippen LogP contribution in [-0.2, 0) is 24.2 Å². The zero-order valence-electron chi connectivity index (χ0n) is 25.7. The number of fused-ring (bicyclic) bond motifs is 2. The number of hydrogen-bond donors (Lipinski definition) is 3. The predicted molar refractivity (Wildman–Crippen MR) is 168 cm³/mol. The Bertz CT molecular complexity index is 1580. The second-order valence-corrected chi connectivity index (χ2v) is 14.9. The Morgan fingerprint density at radius 3 is 2.80 bits per heavy atom. The molecule has 3 N–H and O–H groups in total. The topological polar surface area (TPSA) is 130 Å². The molecule has 246 valence electrons. The summed E-state index contributed by atoms with van der Waals surface area (Å²) in [5.74, 6) is -2.66. The number of carboxylic acids is 1. The summed E-state index contributed by atoms with van der Waals surface area (Å²) in [6, 6.07) is 1.54. The standard InChI is InChI=1S/C31H40ClF2N5O5S/c1-15-8-19(26-25(35-15)22(14-45-26)30(42)43)20-10-23(32)27(40)37-28(20)44-7-6-39-16(2)36-24-5-4-18(9-21(24)29(39)41)38(3)13-17-11-31(33,34)12-17/h10,15,17-19,22,25-26,35H,4-9,11-14H2,1-3H3,(H,37,40)(H,42,43)/t15?,18-,19?,22?,25?,26?/m0/s1. The lowest BCUT2D eigenvalue weighted by Gasteiger charge is -2.40. The fraction of sp³-hybridized carbons (Fsp3) is 0.677. The third kappa shape index (κ3) is 6.55. The van der Waals surface area contributed by atoms with Crippen molar-refractivity contribution in [1.82, 2.24) is 24.8 Å². The second kappa shape index (κ2) is 12.6. The van der Waals surface area contributed by atoms with E-state index in [1.54, 1.807) is 29.3 Å². The highest BCUT2D eigenvalue weighted by atomic mass is 35.5. The Kier molecular flexibility index (Phi) is 9.10. The average molecular weight is 668 g/mol. The molecule has 2 aromatic rings. The van der Waals surface area contributed by atoms with Gasteiger partial charge in [0.25, 0.3) is 11.1 Å². The van der Waals surface area contributed by atoms with Gasteiger partial charge in [-0.05, 0) is 58.6 Å². The van der Waals surface area contributed by atoms with E-state index in [4.69, 9.17) is 21.3 Å². The summed E-state index contributed by atoms with van der Waals surface area (Å²) < 4.78 is 34.5. The molecule has 0 aromatic carbocycles. The molecule has 2 aliphatic heterocycles. The number of nitrogens with zero attached hydrogens (tertiary/aromatic N) is 3. The van der Waals surface area contributed by atoms with Crippen molar-refractivity contribution < 1.29 is 23.4 Å². The van der Waals surface area contributed by atoms with Crippen molar-refractivity contribution >= 4 is 29.3 Å². The van der Waals surface area contributed by atoms with Crippen molar-refractivity contribution in [2.24, 2.45) is 11.8 Å². The summed E-state index contributed by atoms with van der Waals surface area (Å²) in [5, 5.41) is 13.2. The van der Waals surface area contributed by atoms with Crippen LogP contribution in [0, 0.1) is 18.8 Å². The van der Waals surface area contributed by atoms with Crippen molar-refractivity contribution in [1.29, 1.82) is 0 Å². The van der Waals surface area contributed by atoms with Crippen LogP contribution in [0.2, 0.25) is 5.02 Å². The van der Waals surface area contributed by atoms with E-state index in [1.807, 2.05) is 14.0 Å². The summed E-state index contributed by atoms with van der Waals surface area (Å²) in [5.41, 5.74) is 1.56. The smallest absolute Gasteiger partial charge is 0.308 e. The number of carboxylic acid groups (broad SMARTS) is 1. The molecule has 0 spiro atoms. The van der Waals surface area contributed by atoms with Crippen molar-refractivity contribution in [3.63, 3.8) is 0 Å². The number of likely N-dealkylation sites (N-methyl/N-ethyl adjacent to an activating group) is 1. The normalized spacial score (nSPS) is 29.2. The summed E-state index contributed by atoms with van der Waals surface area (Å²) in [4.78, 5) is 47.8. The molecule has 6 atom stereocenters. The lowest BCUT2D eigenvalue weighted by Crippen LogP contribution is -2.53. The van der Waals surface area contributed by atoms with Crippen LogP contribution in [0.1, 0.15) is 61.2 Å². The largest absolute Gasteiger partial charge is 0.481 e. The van der Waals surface area contributed by atoms with E-state index in [9.17, 15) is 28.3 Å². The summed E-state index contributed by atoms with van der Waals surface area (Å²) in [6.07, 6.45) is 2.56. The van der Waals surface area contributed by atoms with Gasteiger partial charge in [-0.15, -0.1) is 0 Å². The summed E-state index contributed by atoms with van der Waals surface area (Å²) in [7, 11) is 1.95. The highest BCUT2D eigenvalue weighted by Crippen LogP contribution is 2.47. The van der Waals surface area contributed by atoms with Crippen LogP contribution in [0.25, 0.3) is 0 Å². The molecular formula is C31H40ClF2N5O5S. The lowest BCUT2D eigenvalue weighted by molar-refractivity contribution is -0.141. The number of halogens is 3. The fourth-order valence-electron chi connectivity index (χ4n) is 7.72. The van der Waals surface area contributed by atoms with E-state index < -0.39 is 23.4 Å². The zero-order chi connectivity index (χ0) is 32.2. The molecule has 5 unspecified atom stereocenters. The molecular weight excluding hydrogens is 628 g/mol. The van der Waals surface area contributed by atoms with E-state index in [2.05, 4.69) is 15.2 Å². The Balaban J connectivity index is 1.17. The summed E-state index contributed by atoms with van der Waals surface area (Å²) in [6.45, 7) is 4.69. The first-order chi connectivity index (χ1) is 21.3. The van der Waals surface area contributed by atoms with Crippen LogP contribution in [0.4, 0.5) is 8.78 Å². The number of rotatable bonds is 9. The Hall–Kier alpha value is -2.48. The van der Waals surface area contributed by atoms with Crippen LogP contribution in [-0.4, -0.2) is 85.8 Å². The van der Waals surface area contributed by atoms with Gasteiger partial charge in [0, 0.05) is 65.6 Å². The van der Waals surface area contributed by atoms with Gasteiger partial charge in [-0.25, -0.2) is 13.8 Å². The number of ether oxygens (including phenoxy) is 1. The molecule has 4 aliphatic rings. The first-order valence-electron chi connectivity index (χ1n) is 15.6. The first-order valence-corrected chi connectivity index (χ1v) is 17.1. The zero-order valence-corrected chi connectivity index (χ0v) is 27.2. The summed E-state index contributed by atoms with van der Waals surface area (Å²) >= 11 is 7.89. The third-order valence-corrected chi connectivity index (χ3v) is 11.9. The van der Waals surface area contributed by atoms with Crippen molar-refractivity contribution in [2.45, 2.75) is 94.1 Å². The average Bonchev–Trinajstić information content (AvgIpc) is 3.39. The molecule has 2 saturated heterocycles. The van der Waals surface area contributed by atoms with Gasteiger partial charge in [-0.1, -0.05) is 11.6 Å². The monoisotopic (exact) mass is 667 g/mol. The Labute approximate surface area is 269 Å². The Morgan fingerprint density at radius 2 is 2.09 bits per heavy atom. The van der Waals surface area contributed by atoms with Crippen LogP contribution >= 0.6 is 23.4 Å². The van der Waals surface area contributed by atoms with E-state index in [1.165, 1.54) is 0 Å². The predicted octanol–water partition coefficient (Wildman–Crippen LogP) is 3.46. The van der Waals surface area contributed by atoms with Gasteiger partial charge in [-0.3, -0.25) is 23.9 Å². The van der Waals surface area contributed by atoms with Crippen LogP contribution in [0.3, 0.4) is 0 Å². The van der Waals surface area contributed by atoms with Gasteiger partial charge in [-0.2, -0.15) is 11.8 Å². The molecule has 1 saturated carbocycles. The number of alkyl halides is 2. The van der Waals surface area contributed by atoms with Gasteiger partial charge in [0.2, 0.25) is 5.92 Å². The van der Waals surface area contributed by atoms with Crippen LogP contribution < -0.4 is 21.2 Å². The number of aromatic nitrogens is 3. The minimum absolute atomic E-state index is 0.0228. The van der Waals surface area contributed by atoms with Gasteiger partial charge in [0.15, 0.2) is 5.88 Å². The minimum atomic E-state index is -2.55. The number of carbonyl (C=O) groups is 1. The van der Waals surface area contributed by atoms with E-state index in [0.29, 0.717) is 42.9 Å². The van der Waals surface area contributed by atoms with E-state index >= 15 is 0 Å². The molecule has 0 bridgehead atoms. The third-order valence-electron chi connectivity index (χ3n) is 10.0. The van der Waals surface area contributed by atoms with E-state index in [0.717, 1.165) is 17.7 Å². The molecule has 14 heteroatoms. The number of nitrogens with one attached hydrogen (secondary N) is 2. The molecule has 45 heavy (non-hydrogen) atoms. The van der Waals surface area contributed by atoms with Gasteiger partial charge < -0.3 is 20.1 Å². The maximum atomic E-state index is 13.7. The van der Waals surface area contributed by atoms with Crippen LogP contribution in [0.15, 0.2) is 15.7 Å². The molecule has 6 rings (SSSR count). The second-order valence-electron chi connectivity index (χ2n) is 13.3. The highest BCUT2D eigenvalue weighted by molar-refractivity contribution is 8.00. The molecule has 0 radical (unpaired) electrons. The molecule has 3 fully saturated rings. The number of aliphatic carboxylic acids is 1. The highest BCUT2D eigenvalue weighted by Gasteiger charge is 2.49.